The lowest BCUT2D eigenvalue weighted by atomic mass is 9.67. The minimum absolute atomic E-state index is 0.203. The second kappa shape index (κ2) is 5.09. The molecule has 2 unspecified atom stereocenters. The van der Waals surface area contributed by atoms with Gasteiger partial charge in [0, 0.05) is 6.04 Å². The van der Waals surface area contributed by atoms with Gasteiger partial charge in [-0.3, -0.25) is 9.59 Å². The minimum atomic E-state index is -4.79. The van der Waals surface area contributed by atoms with Gasteiger partial charge in [-0.05, 0) is 38.5 Å². The van der Waals surface area contributed by atoms with Gasteiger partial charge in [0.25, 0.3) is 0 Å². The number of carbonyl (C=O) groups excluding carboxylic acids is 2. The van der Waals surface area contributed by atoms with E-state index in [1.807, 2.05) is 0 Å². The average molecular weight is 379 g/mol. The highest BCUT2D eigenvalue weighted by molar-refractivity contribution is 6.23. The highest BCUT2D eigenvalue weighted by Crippen LogP contribution is 2.60. The molecule has 3 aliphatic heterocycles. The molecule has 3 heterocycles. The van der Waals surface area contributed by atoms with Crippen molar-refractivity contribution in [2.24, 2.45) is 17.6 Å². The van der Waals surface area contributed by atoms with Crippen LogP contribution < -0.4 is 10.6 Å². The van der Waals surface area contributed by atoms with E-state index < -0.39 is 58.2 Å². The third-order valence-corrected chi connectivity index (χ3v) is 6.08. The molecule has 0 aliphatic carbocycles. The Morgan fingerprint density at radius 1 is 1.26 bits per heavy atom. The van der Waals surface area contributed by atoms with Crippen molar-refractivity contribution in [2.75, 3.05) is 4.90 Å². The number of nitrogens with zero attached hydrogens (tertiary/aromatic N) is 2. The summed E-state index contributed by atoms with van der Waals surface area (Å²) in [5.41, 5.74) is 2.18. The van der Waals surface area contributed by atoms with Crippen LogP contribution in [0.1, 0.15) is 31.4 Å². The van der Waals surface area contributed by atoms with E-state index in [0.29, 0.717) is 12.5 Å². The number of imide groups is 1. The molecular formula is C18H16F3N3O3. The topological polar surface area (TPSA) is 96.4 Å². The molecule has 2 bridgehead atoms. The molecule has 0 aromatic heterocycles. The van der Waals surface area contributed by atoms with Crippen LogP contribution in [0.5, 0.6) is 0 Å². The summed E-state index contributed by atoms with van der Waals surface area (Å²) in [6, 6.07) is 3.84. The van der Waals surface area contributed by atoms with Crippen molar-refractivity contribution in [3.63, 3.8) is 0 Å². The first-order chi connectivity index (χ1) is 12.4. The van der Waals surface area contributed by atoms with Gasteiger partial charge in [0.05, 0.1) is 45.9 Å². The van der Waals surface area contributed by atoms with E-state index in [2.05, 4.69) is 0 Å². The molecule has 5 atom stereocenters. The molecule has 3 saturated heterocycles. The lowest BCUT2D eigenvalue weighted by molar-refractivity contribution is -0.138. The lowest BCUT2D eigenvalue weighted by Gasteiger charge is -2.32. The van der Waals surface area contributed by atoms with Gasteiger partial charge in [-0.25, -0.2) is 4.90 Å². The molecule has 1 aromatic rings. The number of carbonyl (C=O) groups is 2. The second-order valence-electron chi connectivity index (χ2n) is 7.72. The normalized spacial score (nSPS) is 37.7. The van der Waals surface area contributed by atoms with Crippen LogP contribution in [-0.2, 0) is 20.5 Å². The number of anilines is 1. The Kier molecular flexibility index (Phi) is 3.38. The van der Waals surface area contributed by atoms with Gasteiger partial charge in [0.1, 0.15) is 0 Å². The van der Waals surface area contributed by atoms with Crippen molar-refractivity contribution < 1.29 is 27.5 Å². The van der Waals surface area contributed by atoms with E-state index in [4.69, 9.17) is 15.7 Å². The van der Waals surface area contributed by atoms with Gasteiger partial charge in [0.15, 0.2) is 0 Å². The van der Waals surface area contributed by atoms with E-state index in [-0.39, 0.29) is 5.69 Å². The minimum Gasteiger partial charge on any atom is -0.366 e. The molecule has 27 heavy (non-hydrogen) atoms. The van der Waals surface area contributed by atoms with Crippen LogP contribution in [0.25, 0.3) is 0 Å². The number of alkyl halides is 3. The molecule has 2 N–H and O–H groups in total. The molecule has 0 saturated carbocycles. The fourth-order valence-electron chi connectivity index (χ4n) is 4.86. The molecule has 0 radical (unpaired) electrons. The summed E-state index contributed by atoms with van der Waals surface area (Å²) in [7, 11) is 0. The van der Waals surface area contributed by atoms with E-state index in [1.54, 1.807) is 13.8 Å². The predicted octanol–water partition coefficient (Wildman–Crippen LogP) is 1.96. The maximum absolute atomic E-state index is 13.3. The molecule has 0 spiro atoms. The SMILES string of the molecule is C[C@@]12O[C@@](C)(C[C@@H]1N)C1C(=O)N(c3ccc(C#N)c(C(F)(F)F)c3)C(=O)C12. The molecule has 3 aliphatic rings. The van der Waals surface area contributed by atoms with Crippen LogP contribution >= 0.6 is 0 Å². The number of amides is 2. The number of nitriles is 1. The highest BCUT2D eigenvalue weighted by Gasteiger charge is 2.75. The Morgan fingerprint density at radius 3 is 2.48 bits per heavy atom. The predicted molar refractivity (Wildman–Crippen MR) is 86.1 cm³/mol. The number of rotatable bonds is 1. The molecule has 3 fully saturated rings. The summed E-state index contributed by atoms with van der Waals surface area (Å²) >= 11 is 0. The molecule has 142 valence electrons. The number of ether oxygens (including phenoxy) is 1. The van der Waals surface area contributed by atoms with Crippen molar-refractivity contribution in [1.82, 2.24) is 0 Å². The molecule has 6 nitrogen and oxygen atoms in total. The van der Waals surface area contributed by atoms with Crippen LogP contribution in [0.15, 0.2) is 18.2 Å². The van der Waals surface area contributed by atoms with Crippen molar-refractivity contribution in [2.45, 2.75) is 43.7 Å². The van der Waals surface area contributed by atoms with E-state index in [0.717, 1.165) is 11.0 Å². The van der Waals surface area contributed by atoms with Crippen LogP contribution in [0.2, 0.25) is 0 Å². The van der Waals surface area contributed by atoms with Crippen LogP contribution in [0.4, 0.5) is 18.9 Å². The first-order valence-corrected chi connectivity index (χ1v) is 8.39. The average Bonchev–Trinajstić information content (AvgIpc) is 3.07. The van der Waals surface area contributed by atoms with Gasteiger partial charge in [-0.2, -0.15) is 18.4 Å². The zero-order valence-electron chi connectivity index (χ0n) is 14.5. The van der Waals surface area contributed by atoms with Gasteiger partial charge < -0.3 is 10.5 Å². The summed E-state index contributed by atoms with van der Waals surface area (Å²) in [5, 5.41) is 8.92. The molecular weight excluding hydrogens is 363 g/mol. The fourth-order valence-corrected chi connectivity index (χ4v) is 4.86. The molecule has 9 heteroatoms. The van der Waals surface area contributed by atoms with Gasteiger partial charge in [-0.15, -0.1) is 0 Å². The molecule has 4 rings (SSSR count). The zero-order chi connectivity index (χ0) is 19.9. The van der Waals surface area contributed by atoms with Gasteiger partial charge in [-0.1, -0.05) is 0 Å². The summed E-state index contributed by atoms with van der Waals surface area (Å²) in [5.74, 6) is -2.85. The quantitative estimate of drug-likeness (QED) is 0.753. The van der Waals surface area contributed by atoms with E-state index >= 15 is 0 Å². The van der Waals surface area contributed by atoms with Crippen LogP contribution in [0.3, 0.4) is 0 Å². The zero-order valence-corrected chi connectivity index (χ0v) is 14.5. The first kappa shape index (κ1) is 17.9. The monoisotopic (exact) mass is 379 g/mol. The fraction of sp³-hybridized carbons (Fsp3) is 0.500. The smallest absolute Gasteiger partial charge is 0.366 e. The standard InChI is InChI=1S/C18H16F3N3O3/c1-16-6-11(23)17(2,27-16)13-12(16)14(25)24(15(13)26)9-4-3-8(7-22)10(5-9)18(19,20)21/h3-5,11-13H,6,23H2,1-2H3/t11-,12?,13?,16-,17+/m0/s1. The number of fused-ring (bicyclic) bond motifs is 5. The number of benzene rings is 1. The third kappa shape index (κ3) is 2.14. The summed E-state index contributed by atoms with van der Waals surface area (Å²) in [6.07, 6.45) is -4.40. The number of halogens is 3. The van der Waals surface area contributed by atoms with Gasteiger partial charge >= 0.3 is 6.18 Å². The number of hydrogen-bond donors (Lipinski definition) is 1. The Hall–Kier alpha value is -2.44. The Balaban J connectivity index is 1.81. The lowest BCUT2D eigenvalue weighted by Crippen LogP contribution is -2.53. The maximum Gasteiger partial charge on any atom is 0.417 e. The van der Waals surface area contributed by atoms with E-state index in [1.165, 1.54) is 12.1 Å². The van der Waals surface area contributed by atoms with E-state index in [9.17, 15) is 22.8 Å². The van der Waals surface area contributed by atoms with Crippen LogP contribution in [-0.4, -0.2) is 29.1 Å². The first-order valence-electron chi connectivity index (χ1n) is 8.39. The highest BCUT2D eigenvalue weighted by atomic mass is 19.4. The number of nitrogens with two attached hydrogens (primary N) is 1. The van der Waals surface area contributed by atoms with Crippen molar-refractivity contribution in [3.8, 4) is 6.07 Å². The maximum atomic E-state index is 13.3. The van der Waals surface area contributed by atoms with Gasteiger partial charge in [0.2, 0.25) is 11.8 Å². The summed E-state index contributed by atoms with van der Waals surface area (Å²) < 4.78 is 45.7. The second-order valence-corrected chi connectivity index (χ2v) is 7.72. The Morgan fingerprint density at radius 2 is 1.89 bits per heavy atom. The Labute approximate surface area is 152 Å². The van der Waals surface area contributed by atoms with Crippen molar-refractivity contribution in [3.05, 3.63) is 29.3 Å². The molecule has 1 aromatic carbocycles. The Bertz CT molecular complexity index is 925. The molecule has 2 amide bonds. The van der Waals surface area contributed by atoms with Crippen molar-refractivity contribution >= 4 is 17.5 Å². The third-order valence-electron chi connectivity index (χ3n) is 6.08. The summed E-state index contributed by atoms with van der Waals surface area (Å²) in [4.78, 5) is 26.8. The number of hydrogen-bond acceptors (Lipinski definition) is 5. The largest absolute Gasteiger partial charge is 0.417 e. The summed E-state index contributed by atoms with van der Waals surface area (Å²) in [6.45, 7) is 3.37. The van der Waals surface area contributed by atoms with Crippen molar-refractivity contribution in [1.29, 1.82) is 5.26 Å². The van der Waals surface area contributed by atoms with Crippen LogP contribution in [0, 0.1) is 23.2 Å².